The first kappa shape index (κ1) is 14.7. The standard InChI is InChI=1S/C13H21F2N3/c1-5-8(2)6-9(3)17-13-11(15)7-10(14)12(16-4)18-13/h7-9H,5-6H2,1-4H3,(H2,16,17,18). The van der Waals surface area contributed by atoms with E-state index in [1.165, 1.54) is 0 Å². The molecule has 1 aromatic heterocycles. The fraction of sp³-hybridized carbons (Fsp3) is 0.615. The van der Waals surface area contributed by atoms with Gasteiger partial charge < -0.3 is 10.6 Å². The second-order valence-corrected chi connectivity index (χ2v) is 4.69. The lowest BCUT2D eigenvalue weighted by atomic mass is 10.0. The first-order chi connectivity index (χ1) is 8.47. The third-order valence-electron chi connectivity index (χ3n) is 3.00. The number of pyridine rings is 1. The molecule has 1 aromatic rings. The molecule has 0 aliphatic rings. The van der Waals surface area contributed by atoms with Crippen LogP contribution in [0.3, 0.4) is 0 Å². The second-order valence-electron chi connectivity index (χ2n) is 4.69. The smallest absolute Gasteiger partial charge is 0.168 e. The summed E-state index contributed by atoms with van der Waals surface area (Å²) in [5, 5.41) is 5.58. The predicted octanol–water partition coefficient (Wildman–Crippen LogP) is 3.64. The van der Waals surface area contributed by atoms with E-state index in [2.05, 4.69) is 29.5 Å². The highest BCUT2D eigenvalue weighted by atomic mass is 19.1. The fourth-order valence-corrected chi connectivity index (χ4v) is 1.81. The van der Waals surface area contributed by atoms with Crippen LogP contribution in [0.1, 0.15) is 33.6 Å². The monoisotopic (exact) mass is 257 g/mol. The van der Waals surface area contributed by atoms with Gasteiger partial charge >= 0.3 is 0 Å². The molecule has 102 valence electrons. The molecule has 0 radical (unpaired) electrons. The van der Waals surface area contributed by atoms with Crippen molar-refractivity contribution in [3.8, 4) is 0 Å². The lowest BCUT2D eigenvalue weighted by Crippen LogP contribution is -2.20. The van der Waals surface area contributed by atoms with Crippen LogP contribution in [0.15, 0.2) is 6.07 Å². The van der Waals surface area contributed by atoms with Crippen LogP contribution in [-0.4, -0.2) is 18.1 Å². The van der Waals surface area contributed by atoms with Crippen LogP contribution in [0.25, 0.3) is 0 Å². The molecule has 0 saturated carbocycles. The third kappa shape index (κ3) is 3.82. The lowest BCUT2D eigenvalue weighted by molar-refractivity contribution is 0.480. The zero-order chi connectivity index (χ0) is 13.7. The van der Waals surface area contributed by atoms with Crippen molar-refractivity contribution in [2.24, 2.45) is 5.92 Å². The van der Waals surface area contributed by atoms with Crippen molar-refractivity contribution in [2.45, 2.75) is 39.7 Å². The van der Waals surface area contributed by atoms with E-state index in [9.17, 15) is 8.78 Å². The Bertz CT molecular complexity index is 396. The molecule has 2 N–H and O–H groups in total. The number of halogens is 2. The van der Waals surface area contributed by atoms with Crippen LogP contribution < -0.4 is 10.6 Å². The van der Waals surface area contributed by atoms with Crippen molar-refractivity contribution in [1.82, 2.24) is 4.98 Å². The number of nitrogens with one attached hydrogen (secondary N) is 2. The second kappa shape index (κ2) is 6.52. The summed E-state index contributed by atoms with van der Waals surface area (Å²) in [6.45, 7) is 6.23. The Morgan fingerprint density at radius 1 is 1.22 bits per heavy atom. The lowest BCUT2D eigenvalue weighted by Gasteiger charge is -2.19. The van der Waals surface area contributed by atoms with E-state index in [1.54, 1.807) is 7.05 Å². The Labute approximate surface area is 107 Å². The first-order valence-electron chi connectivity index (χ1n) is 6.28. The minimum atomic E-state index is -0.685. The van der Waals surface area contributed by atoms with E-state index < -0.39 is 11.6 Å². The molecule has 0 saturated heterocycles. The highest BCUT2D eigenvalue weighted by Crippen LogP contribution is 2.20. The Morgan fingerprint density at radius 3 is 2.39 bits per heavy atom. The maximum absolute atomic E-state index is 13.6. The van der Waals surface area contributed by atoms with E-state index >= 15 is 0 Å². The molecule has 3 nitrogen and oxygen atoms in total. The summed E-state index contributed by atoms with van der Waals surface area (Å²) in [4.78, 5) is 3.89. The largest absolute Gasteiger partial charge is 0.371 e. The van der Waals surface area contributed by atoms with E-state index in [0.29, 0.717) is 5.92 Å². The Balaban J connectivity index is 2.77. The van der Waals surface area contributed by atoms with Crippen molar-refractivity contribution >= 4 is 11.6 Å². The van der Waals surface area contributed by atoms with Crippen molar-refractivity contribution in [2.75, 3.05) is 17.7 Å². The molecular weight excluding hydrogens is 236 g/mol. The summed E-state index contributed by atoms with van der Waals surface area (Å²) in [6, 6.07) is 0.939. The SMILES string of the molecule is CCC(C)CC(C)Nc1nc(NC)c(F)cc1F. The van der Waals surface area contributed by atoms with E-state index in [0.717, 1.165) is 18.9 Å². The zero-order valence-electron chi connectivity index (χ0n) is 11.3. The molecule has 0 fully saturated rings. The highest BCUT2D eigenvalue weighted by molar-refractivity contribution is 5.47. The van der Waals surface area contributed by atoms with Gasteiger partial charge in [-0.15, -0.1) is 0 Å². The van der Waals surface area contributed by atoms with Crippen LogP contribution in [0.4, 0.5) is 20.4 Å². The van der Waals surface area contributed by atoms with Gasteiger partial charge in [0.1, 0.15) is 0 Å². The van der Waals surface area contributed by atoms with Gasteiger partial charge in [0.05, 0.1) is 0 Å². The molecule has 0 aliphatic carbocycles. The van der Waals surface area contributed by atoms with Gasteiger partial charge in [-0.2, -0.15) is 0 Å². The molecule has 1 heterocycles. The number of aromatic nitrogens is 1. The quantitative estimate of drug-likeness (QED) is 0.817. The number of rotatable bonds is 6. The molecule has 2 unspecified atom stereocenters. The Hall–Kier alpha value is -1.39. The zero-order valence-corrected chi connectivity index (χ0v) is 11.3. The maximum atomic E-state index is 13.6. The van der Waals surface area contributed by atoms with Crippen LogP contribution in [0.5, 0.6) is 0 Å². The molecule has 5 heteroatoms. The third-order valence-corrected chi connectivity index (χ3v) is 3.00. The van der Waals surface area contributed by atoms with Crippen LogP contribution >= 0.6 is 0 Å². The first-order valence-corrected chi connectivity index (χ1v) is 6.28. The Morgan fingerprint density at radius 2 is 1.83 bits per heavy atom. The normalized spacial score (nSPS) is 14.1. The van der Waals surface area contributed by atoms with Gasteiger partial charge in [0.2, 0.25) is 0 Å². The minimum absolute atomic E-state index is 0.0506. The molecule has 0 aliphatic heterocycles. The van der Waals surface area contributed by atoms with Crippen LogP contribution in [-0.2, 0) is 0 Å². The number of anilines is 2. The molecule has 0 bridgehead atoms. The van der Waals surface area contributed by atoms with Gasteiger partial charge in [0.25, 0.3) is 0 Å². The van der Waals surface area contributed by atoms with Gasteiger partial charge in [-0.05, 0) is 19.3 Å². The van der Waals surface area contributed by atoms with Crippen LogP contribution in [0.2, 0.25) is 0 Å². The van der Waals surface area contributed by atoms with Crippen molar-refractivity contribution in [3.63, 3.8) is 0 Å². The summed E-state index contributed by atoms with van der Waals surface area (Å²) in [7, 11) is 1.55. The average Bonchev–Trinajstić information content (AvgIpc) is 2.32. The maximum Gasteiger partial charge on any atom is 0.168 e. The summed E-state index contributed by atoms with van der Waals surface area (Å²) < 4.78 is 26.8. The van der Waals surface area contributed by atoms with Gasteiger partial charge in [-0.3, -0.25) is 0 Å². The summed E-state index contributed by atoms with van der Waals surface area (Å²) in [6.07, 6.45) is 2.00. The number of nitrogens with zero attached hydrogens (tertiary/aromatic N) is 1. The van der Waals surface area contributed by atoms with Gasteiger partial charge in [0, 0.05) is 19.2 Å². The average molecular weight is 257 g/mol. The summed E-state index contributed by atoms with van der Waals surface area (Å²) in [5.41, 5.74) is 0. The van der Waals surface area contributed by atoms with Crippen molar-refractivity contribution in [1.29, 1.82) is 0 Å². The van der Waals surface area contributed by atoms with E-state index in [1.807, 2.05) is 6.92 Å². The van der Waals surface area contributed by atoms with Crippen molar-refractivity contribution < 1.29 is 8.78 Å². The molecule has 0 amide bonds. The molecule has 0 aromatic carbocycles. The molecule has 2 atom stereocenters. The van der Waals surface area contributed by atoms with E-state index in [4.69, 9.17) is 0 Å². The van der Waals surface area contributed by atoms with Gasteiger partial charge in [-0.25, -0.2) is 13.8 Å². The van der Waals surface area contributed by atoms with Gasteiger partial charge in [-0.1, -0.05) is 20.3 Å². The fourth-order valence-electron chi connectivity index (χ4n) is 1.81. The minimum Gasteiger partial charge on any atom is -0.371 e. The molecular formula is C13H21F2N3. The number of hydrogen-bond donors (Lipinski definition) is 2. The molecule has 1 rings (SSSR count). The highest BCUT2D eigenvalue weighted by Gasteiger charge is 2.14. The van der Waals surface area contributed by atoms with Crippen molar-refractivity contribution in [3.05, 3.63) is 17.7 Å². The predicted molar refractivity (Wildman–Crippen MR) is 70.9 cm³/mol. The summed E-state index contributed by atoms with van der Waals surface area (Å²) >= 11 is 0. The molecule has 18 heavy (non-hydrogen) atoms. The van der Waals surface area contributed by atoms with E-state index in [-0.39, 0.29) is 17.7 Å². The van der Waals surface area contributed by atoms with Crippen LogP contribution in [0, 0.1) is 17.6 Å². The topological polar surface area (TPSA) is 37.0 Å². The molecule has 0 spiro atoms. The van der Waals surface area contributed by atoms with Gasteiger partial charge in [0.15, 0.2) is 23.3 Å². The number of hydrogen-bond acceptors (Lipinski definition) is 3. The Kier molecular flexibility index (Phi) is 5.31. The summed E-state index contributed by atoms with van der Waals surface area (Å²) in [5.74, 6) is -0.649.